The van der Waals surface area contributed by atoms with Crippen molar-refractivity contribution in [3.05, 3.63) is 114 Å². The molecule has 2 aromatic heterocycles. The average molecular weight is 695 g/mol. The number of para-hydroxylation sites is 1. The Balaban J connectivity index is 1.28. The monoisotopic (exact) mass is 694 g/mol. The highest BCUT2D eigenvalue weighted by atomic mass is 16.4. The van der Waals surface area contributed by atoms with Crippen molar-refractivity contribution in [1.82, 2.24) is 9.88 Å². The van der Waals surface area contributed by atoms with Crippen LogP contribution in [0.3, 0.4) is 0 Å². The number of nitrogens with one attached hydrogen (secondary N) is 1. The number of furan rings is 1. The summed E-state index contributed by atoms with van der Waals surface area (Å²) in [6, 6.07) is 29.9. The van der Waals surface area contributed by atoms with Crippen molar-refractivity contribution in [3.63, 3.8) is 0 Å². The predicted molar refractivity (Wildman–Crippen MR) is 193 cm³/mol. The van der Waals surface area contributed by atoms with E-state index in [0.29, 0.717) is 33.6 Å². The number of amidine groups is 2. The first kappa shape index (κ1) is 30.5. The SMILES string of the molecule is Oc1c(O)c(O)c2c(c1O)c1c(O)c(O)c(O)c(O)c1n2-c1cccc2c1oc1ccc(C3=NC(c4ccccc4)=NC(c4ccccc4)N3)cc12. The first-order valence-electron chi connectivity index (χ1n) is 15.9. The van der Waals surface area contributed by atoms with Crippen molar-refractivity contribution < 1.29 is 45.3 Å². The fraction of sp³-hybridized carbons (Fsp3) is 0.0256. The normalized spacial score (nSPS) is 14.6. The molecule has 52 heavy (non-hydrogen) atoms. The van der Waals surface area contributed by atoms with Gasteiger partial charge >= 0.3 is 0 Å². The number of benzene rings is 6. The van der Waals surface area contributed by atoms with Crippen LogP contribution in [0.5, 0.6) is 46.0 Å². The minimum atomic E-state index is -1.11. The third-order valence-corrected chi connectivity index (χ3v) is 9.32. The first-order valence-corrected chi connectivity index (χ1v) is 15.9. The average Bonchev–Trinajstić information content (AvgIpc) is 3.75. The highest BCUT2D eigenvalue weighted by Gasteiger charge is 2.33. The van der Waals surface area contributed by atoms with Gasteiger partial charge in [-0.25, -0.2) is 9.98 Å². The van der Waals surface area contributed by atoms with Gasteiger partial charge in [0.25, 0.3) is 0 Å². The van der Waals surface area contributed by atoms with Crippen molar-refractivity contribution in [2.45, 2.75) is 6.17 Å². The number of rotatable bonds is 4. The summed E-state index contributed by atoms with van der Waals surface area (Å²) in [5.74, 6) is -7.09. The molecule has 8 aromatic rings. The van der Waals surface area contributed by atoms with Crippen LogP contribution in [-0.4, -0.2) is 57.1 Å². The maximum absolute atomic E-state index is 11.1. The molecule has 1 unspecified atom stereocenters. The fourth-order valence-corrected chi connectivity index (χ4v) is 6.86. The topological polar surface area (TPSA) is 217 Å². The zero-order valence-corrected chi connectivity index (χ0v) is 26.6. The van der Waals surface area contributed by atoms with E-state index in [4.69, 9.17) is 14.4 Å². The maximum Gasteiger partial charge on any atom is 0.206 e. The number of nitrogens with zero attached hydrogens (tertiary/aromatic N) is 3. The van der Waals surface area contributed by atoms with E-state index >= 15 is 0 Å². The van der Waals surface area contributed by atoms with E-state index in [1.807, 2.05) is 72.8 Å². The molecule has 0 amide bonds. The summed E-state index contributed by atoms with van der Waals surface area (Å²) in [5.41, 5.74) is 2.52. The number of aliphatic imine (C=N–C) groups is 2. The number of aromatic nitrogens is 1. The maximum atomic E-state index is 11.1. The highest BCUT2D eigenvalue weighted by molar-refractivity contribution is 6.22. The van der Waals surface area contributed by atoms with Gasteiger partial charge in [-0.1, -0.05) is 72.8 Å². The van der Waals surface area contributed by atoms with Gasteiger partial charge in [-0.15, -0.1) is 0 Å². The molecule has 13 heteroatoms. The second-order valence-electron chi connectivity index (χ2n) is 12.3. The van der Waals surface area contributed by atoms with Gasteiger partial charge in [-0.2, -0.15) is 0 Å². The molecule has 0 saturated carbocycles. The summed E-state index contributed by atoms with van der Waals surface area (Å²) in [7, 11) is 0. The Hall–Kier alpha value is -7.54. The number of hydrogen-bond donors (Lipinski definition) is 9. The van der Waals surface area contributed by atoms with Crippen LogP contribution in [0.25, 0.3) is 49.4 Å². The Morgan fingerprint density at radius 2 is 1.15 bits per heavy atom. The zero-order chi connectivity index (χ0) is 36.0. The molecule has 3 heterocycles. The molecule has 13 nitrogen and oxygen atoms in total. The van der Waals surface area contributed by atoms with Crippen LogP contribution in [0.4, 0.5) is 0 Å². The van der Waals surface area contributed by atoms with Crippen molar-refractivity contribution in [2.75, 3.05) is 0 Å². The van der Waals surface area contributed by atoms with Crippen LogP contribution in [0, 0.1) is 0 Å². The molecule has 0 fully saturated rings. The molecule has 0 radical (unpaired) electrons. The van der Waals surface area contributed by atoms with Crippen LogP contribution in [-0.2, 0) is 0 Å². The molecule has 1 aliphatic heterocycles. The highest BCUT2D eigenvalue weighted by Crippen LogP contribution is 2.59. The number of aromatic hydroxyl groups is 8. The minimum Gasteiger partial charge on any atom is -0.504 e. The van der Waals surface area contributed by atoms with Crippen LogP contribution < -0.4 is 5.32 Å². The largest absolute Gasteiger partial charge is 0.504 e. The van der Waals surface area contributed by atoms with Gasteiger partial charge < -0.3 is 50.6 Å². The molecular formula is C39H26N4O9. The van der Waals surface area contributed by atoms with Crippen LogP contribution in [0.15, 0.2) is 111 Å². The summed E-state index contributed by atoms with van der Waals surface area (Å²) >= 11 is 0. The molecule has 9 rings (SSSR count). The van der Waals surface area contributed by atoms with Gasteiger partial charge in [-0.05, 0) is 29.8 Å². The van der Waals surface area contributed by atoms with Crippen molar-refractivity contribution in [2.24, 2.45) is 9.98 Å². The lowest BCUT2D eigenvalue weighted by atomic mass is 10.1. The van der Waals surface area contributed by atoms with E-state index in [1.54, 1.807) is 24.3 Å². The number of fused-ring (bicyclic) bond motifs is 6. The molecule has 0 saturated heterocycles. The molecule has 9 N–H and O–H groups in total. The number of phenols is 8. The molecule has 6 aromatic carbocycles. The van der Waals surface area contributed by atoms with Crippen LogP contribution in [0.2, 0.25) is 0 Å². The third kappa shape index (κ3) is 4.22. The number of phenolic OH excluding ortho intramolecular Hbond substituents is 8. The van der Waals surface area contributed by atoms with E-state index < -0.39 is 62.9 Å². The van der Waals surface area contributed by atoms with Gasteiger partial charge in [0.15, 0.2) is 34.4 Å². The van der Waals surface area contributed by atoms with E-state index in [9.17, 15) is 40.9 Å². The summed E-state index contributed by atoms with van der Waals surface area (Å²) in [6.07, 6.45) is -0.428. The minimum absolute atomic E-state index is 0.130. The van der Waals surface area contributed by atoms with Crippen molar-refractivity contribution in [1.29, 1.82) is 0 Å². The van der Waals surface area contributed by atoms with Gasteiger partial charge in [0, 0.05) is 21.9 Å². The molecule has 0 spiro atoms. The van der Waals surface area contributed by atoms with Gasteiger partial charge in [0.05, 0.1) is 16.5 Å². The summed E-state index contributed by atoms with van der Waals surface area (Å²) < 4.78 is 7.50. The summed E-state index contributed by atoms with van der Waals surface area (Å²) in [6.45, 7) is 0. The Kier molecular flexibility index (Phi) is 6.45. The zero-order valence-electron chi connectivity index (χ0n) is 26.6. The van der Waals surface area contributed by atoms with E-state index in [-0.39, 0.29) is 22.3 Å². The van der Waals surface area contributed by atoms with Gasteiger partial charge in [0.1, 0.15) is 28.6 Å². The lowest BCUT2D eigenvalue weighted by molar-refractivity contribution is 0.350. The van der Waals surface area contributed by atoms with E-state index in [2.05, 4.69) is 5.32 Å². The Bertz CT molecular complexity index is 2780. The third-order valence-electron chi connectivity index (χ3n) is 9.32. The smallest absolute Gasteiger partial charge is 0.206 e. The van der Waals surface area contributed by atoms with Crippen molar-refractivity contribution in [3.8, 4) is 51.7 Å². The molecule has 0 bridgehead atoms. The lowest BCUT2D eigenvalue weighted by Gasteiger charge is -2.23. The second-order valence-corrected chi connectivity index (χ2v) is 12.3. The Morgan fingerprint density at radius 3 is 1.79 bits per heavy atom. The first-order chi connectivity index (χ1) is 25.1. The molecule has 1 atom stereocenters. The molecule has 1 aliphatic rings. The molecular weight excluding hydrogens is 668 g/mol. The Morgan fingerprint density at radius 1 is 0.558 bits per heavy atom. The van der Waals surface area contributed by atoms with E-state index in [1.165, 1.54) is 0 Å². The fourth-order valence-electron chi connectivity index (χ4n) is 6.86. The molecule has 0 aliphatic carbocycles. The van der Waals surface area contributed by atoms with Crippen LogP contribution >= 0.6 is 0 Å². The van der Waals surface area contributed by atoms with Gasteiger partial charge in [0.2, 0.25) is 23.0 Å². The van der Waals surface area contributed by atoms with Crippen LogP contribution in [0.1, 0.15) is 22.9 Å². The molecule has 256 valence electrons. The standard InChI is InChI=1S/C39H26N4O9/c44-28-24-25-27(31(47)35(51)33(49)29(25)45)43(26(24)30(46)34(50)32(28)48)22-13-7-12-20-21-16-19(14-15-23(21)52-36(20)22)39-41-37(17-8-3-1-4-9-17)40-38(42-39)18-10-5-2-6-11-18/h1-16,37,44-51H,(H,40,41,42). The van der Waals surface area contributed by atoms with Gasteiger partial charge in [-0.3, -0.25) is 4.57 Å². The summed E-state index contributed by atoms with van der Waals surface area (Å²) in [5, 5.41) is 89.8. The quantitative estimate of drug-likeness (QED) is 0.0691. The lowest BCUT2D eigenvalue weighted by Crippen LogP contribution is -2.33. The van der Waals surface area contributed by atoms with Crippen molar-refractivity contribution >= 4 is 55.4 Å². The Labute approximate surface area is 291 Å². The summed E-state index contributed by atoms with van der Waals surface area (Å²) in [4.78, 5) is 9.79. The second kappa shape index (κ2) is 11.0. The predicted octanol–water partition coefficient (Wildman–Crippen LogP) is 6.82. The van der Waals surface area contributed by atoms with E-state index in [0.717, 1.165) is 15.7 Å². The number of hydrogen-bond acceptors (Lipinski definition) is 12.